The first-order valence-corrected chi connectivity index (χ1v) is 9.05. The fourth-order valence-corrected chi connectivity index (χ4v) is 5.40. The normalized spacial score (nSPS) is 48.9. The van der Waals surface area contributed by atoms with Crippen LogP contribution >= 0.6 is 11.8 Å². The average Bonchev–Trinajstić information content (AvgIpc) is 2.88. The fraction of sp³-hybridized carbons (Fsp3) is 0.938. The minimum absolute atomic E-state index is 0.384. The summed E-state index contributed by atoms with van der Waals surface area (Å²) in [5.41, 5.74) is 0.384. The molecule has 3 fully saturated rings. The van der Waals surface area contributed by atoms with Crippen LogP contribution in [0.1, 0.15) is 59.3 Å². The van der Waals surface area contributed by atoms with E-state index in [-0.39, 0.29) is 0 Å². The average molecular weight is 280 g/mol. The summed E-state index contributed by atoms with van der Waals surface area (Å²) < 4.78 is 0. The quantitative estimate of drug-likeness (QED) is 0.783. The monoisotopic (exact) mass is 280 g/mol. The summed E-state index contributed by atoms with van der Waals surface area (Å²) in [6.45, 7) is 7.16. The zero-order valence-corrected chi connectivity index (χ0v) is 13.4. The van der Waals surface area contributed by atoms with Crippen LogP contribution in [0.5, 0.6) is 0 Å². The van der Waals surface area contributed by atoms with E-state index >= 15 is 0 Å². The van der Waals surface area contributed by atoms with Crippen LogP contribution in [0, 0.1) is 17.8 Å². The first-order valence-electron chi connectivity index (χ1n) is 8.07. The molecule has 2 saturated carbocycles. The van der Waals surface area contributed by atoms with Crippen molar-refractivity contribution in [3.63, 3.8) is 0 Å². The first kappa shape index (κ1) is 13.8. The molecular weight excluding hydrogens is 252 g/mol. The van der Waals surface area contributed by atoms with E-state index in [1.807, 2.05) is 11.8 Å². The molecule has 3 heteroatoms. The van der Waals surface area contributed by atoms with Gasteiger partial charge in [0, 0.05) is 11.3 Å². The van der Waals surface area contributed by atoms with Crippen LogP contribution in [0.25, 0.3) is 0 Å². The van der Waals surface area contributed by atoms with Crippen molar-refractivity contribution >= 4 is 16.9 Å². The van der Waals surface area contributed by atoms with Gasteiger partial charge in [0.25, 0.3) is 0 Å². The lowest BCUT2D eigenvalue weighted by Crippen LogP contribution is -2.47. The Balaban J connectivity index is 1.65. The molecule has 19 heavy (non-hydrogen) atoms. The van der Waals surface area contributed by atoms with Crippen molar-refractivity contribution < 1.29 is 0 Å². The standard InChI is InChI=1S/C16H28N2S/c1-11-5-4-8-16(9-11)10-19-15(18-16)17-14-7-6-12(2)13(14)3/h11-14H,4-10H2,1-3H3,(H,17,18). The van der Waals surface area contributed by atoms with Crippen LogP contribution in [0.2, 0.25) is 0 Å². The van der Waals surface area contributed by atoms with Gasteiger partial charge in [-0.2, -0.15) is 0 Å². The van der Waals surface area contributed by atoms with Crippen LogP contribution < -0.4 is 5.32 Å². The predicted octanol–water partition coefficient (Wildman–Crippen LogP) is 4.06. The van der Waals surface area contributed by atoms with Gasteiger partial charge in [0.05, 0.1) is 6.04 Å². The smallest absolute Gasteiger partial charge is 0.157 e. The molecule has 0 aromatic rings. The van der Waals surface area contributed by atoms with Gasteiger partial charge >= 0.3 is 0 Å². The molecule has 0 bridgehead atoms. The summed E-state index contributed by atoms with van der Waals surface area (Å²) in [5, 5.41) is 5.06. The lowest BCUT2D eigenvalue weighted by molar-refractivity contribution is 0.242. The minimum Gasteiger partial charge on any atom is -0.359 e. The van der Waals surface area contributed by atoms with Crippen LogP contribution in [-0.4, -0.2) is 22.5 Å². The van der Waals surface area contributed by atoms with Crippen molar-refractivity contribution in [2.24, 2.45) is 22.7 Å². The molecular formula is C16H28N2S. The van der Waals surface area contributed by atoms with Gasteiger partial charge in [-0.3, -0.25) is 4.99 Å². The largest absolute Gasteiger partial charge is 0.359 e. The predicted molar refractivity (Wildman–Crippen MR) is 84.7 cm³/mol. The number of amidine groups is 1. The second-order valence-corrected chi connectivity index (χ2v) is 8.27. The van der Waals surface area contributed by atoms with Crippen LogP contribution in [-0.2, 0) is 0 Å². The molecule has 108 valence electrons. The van der Waals surface area contributed by atoms with Crippen molar-refractivity contribution in [2.75, 3.05) is 5.75 Å². The molecule has 1 saturated heterocycles. The van der Waals surface area contributed by atoms with Gasteiger partial charge in [0.1, 0.15) is 0 Å². The molecule has 3 rings (SSSR count). The minimum atomic E-state index is 0.384. The molecule has 1 heterocycles. The topological polar surface area (TPSA) is 24.4 Å². The third-order valence-electron chi connectivity index (χ3n) is 5.65. The van der Waals surface area contributed by atoms with Gasteiger partial charge < -0.3 is 5.32 Å². The maximum atomic E-state index is 5.05. The molecule has 1 spiro atoms. The Bertz CT molecular complexity index is 368. The molecule has 1 N–H and O–H groups in total. The number of aliphatic imine (C=N–C) groups is 1. The van der Waals surface area contributed by atoms with Crippen molar-refractivity contribution in [1.82, 2.24) is 5.32 Å². The van der Waals surface area contributed by atoms with Crippen molar-refractivity contribution in [2.45, 2.75) is 70.9 Å². The van der Waals surface area contributed by atoms with E-state index in [1.54, 1.807) is 0 Å². The molecule has 5 atom stereocenters. The Morgan fingerprint density at radius 2 is 2.05 bits per heavy atom. The first-order chi connectivity index (χ1) is 9.08. The van der Waals surface area contributed by atoms with Gasteiger partial charge in [-0.05, 0) is 43.4 Å². The van der Waals surface area contributed by atoms with Crippen molar-refractivity contribution in [3.05, 3.63) is 0 Å². The molecule has 2 nitrogen and oxygen atoms in total. The summed E-state index contributed by atoms with van der Waals surface area (Å²) >= 11 is 1.98. The van der Waals surface area contributed by atoms with E-state index in [9.17, 15) is 0 Å². The summed E-state index contributed by atoms with van der Waals surface area (Å²) in [6.07, 6.45) is 8.14. The third-order valence-corrected chi connectivity index (χ3v) is 6.83. The summed E-state index contributed by atoms with van der Waals surface area (Å²) in [6, 6.07) is 0.571. The van der Waals surface area contributed by atoms with Gasteiger partial charge in [-0.15, -0.1) is 0 Å². The molecule has 0 aromatic heterocycles. The fourth-order valence-electron chi connectivity index (χ4n) is 4.15. The number of nitrogens with one attached hydrogen (secondary N) is 1. The van der Waals surface area contributed by atoms with E-state index < -0.39 is 0 Å². The Morgan fingerprint density at radius 1 is 1.21 bits per heavy atom. The van der Waals surface area contributed by atoms with Gasteiger partial charge in [0.2, 0.25) is 0 Å². The van der Waals surface area contributed by atoms with Crippen molar-refractivity contribution in [1.29, 1.82) is 0 Å². The van der Waals surface area contributed by atoms with E-state index in [2.05, 4.69) is 26.1 Å². The number of nitrogens with zero attached hydrogens (tertiary/aromatic N) is 1. The third kappa shape index (κ3) is 2.81. The molecule has 5 unspecified atom stereocenters. The summed E-state index contributed by atoms with van der Waals surface area (Å²) in [5.74, 6) is 3.74. The summed E-state index contributed by atoms with van der Waals surface area (Å²) in [7, 11) is 0. The van der Waals surface area contributed by atoms with Gasteiger partial charge in [-0.1, -0.05) is 45.4 Å². The highest BCUT2D eigenvalue weighted by atomic mass is 32.2. The van der Waals surface area contributed by atoms with Crippen molar-refractivity contribution in [3.8, 4) is 0 Å². The van der Waals surface area contributed by atoms with E-state index in [4.69, 9.17) is 4.99 Å². The van der Waals surface area contributed by atoms with E-state index in [1.165, 1.54) is 49.4 Å². The zero-order chi connectivity index (χ0) is 13.5. The number of thioether (sulfide) groups is 1. The number of hydrogen-bond donors (Lipinski definition) is 1. The Hall–Kier alpha value is -0.180. The second-order valence-electron chi connectivity index (χ2n) is 7.31. The SMILES string of the molecule is CC1CCCC2(CSC(=NC3CCC(C)C3C)N2)C1. The molecule has 0 aromatic carbocycles. The highest BCUT2D eigenvalue weighted by molar-refractivity contribution is 8.14. The summed E-state index contributed by atoms with van der Waals surface area (Å²) in [4.78, 5) is 5.05. The molecule has 2 aliphatic carbocycles. The lowest BCUT2D eigenvalue weighted by Gasteiger charge is -2.36. The highest BCUT2D eigenvalue weighted by Gasteiger charge is 2.41. The molecule has 0 amide bonds. The Labute approximate surface area is 122 Å². The molecule has 1 aliphatic heterocycles. The highest BCUT2D eigenvalue weighted by Crippen LogP contribution is 2.40. The Morgan fingerprint density at radius 3 is 2.74 bits per heavy atom. The zero-order valence-electron chi connectivity index (χ0n) is 12.6. The maximum Gasteiger partial charge on any atom is 0.157 e. The maximum absolute atomic E-state index is 5.05. The van der Waals surface area contributed by atoms with Gasteiger partial charge in [-0.25, -0.2) is 0 Å². The van der Waals surface area contributed by atoms with Crippen LogP contribution in [0.4, 0.5) is 0 Å². The lowest BCUT2D eigenvalue weighted by atomic mass is 9.78. The number of hydrogen-bond acceptors (Lipinski definition) is 2. The van der Waals surface area contributed by atoms with Crippen LogP contribution in [0.15, 0.2) is 4.99 Å². The number of rotatable bonds is 1. The molecule has 3 aliphatic rings. The molecule has 0 radical (unpaired) electrons. The van der Waals surface area contributed by atoms with Gasteiger partial charge in [0.15, 0.2) is 5.17 Å². The Kier molecular flexibility index (Phi) is 3.85. The van der Waals surface area contributed by atoms with E-state index in [0.29, 0.717) is 11.6 Å². The second kappa shape index (κ2) is 5.31. The van der Waals surface area contributed by atoms with E-state index in [0.717, 1.165) is 17.8 Å². The van der Waals surface area contributed by atoms with Crippen LogP contribution in [0.3, 0.4) is 0 Å².